The summed E-state index contributed by atoms with van der Waals surface area (Å²) in [4.78, 5) is 38.7. The molecule has 188 valence electrons. The second kappa shape index (κ2) is 11.4. The molecule has 35 heavy (non-hydrogen) atoms. The zero-order chi connectivity index (χ0) is 25.9. The number of aromatic nitrogens is 3. The number of carbonyl (C=O) groups excluding carboxylic acids is 3. The molecule has 0 fully saturated rings. The van der Waals surface area contributed by atoms with Gasteiger partial charge in [0.2, 0.25) is 5.91 Å². The van der Waals surface area contributed by atoms with Gasteiger partial charge in [0.25, 0.3) is 5.91 Å². The summed E-state index contributed by atoms with van der Waals surface area (Å²) in [6, 6.07) is 0. The summed E-state index contributed by atoms with van der Waals surface area (Å²) in [7, 11) is 0. The van der Waals surface area contributed by atoms with E-state index in [0.29, 0.717) is 17.3 Å². The number of thioether (sulfide) groups is 1. The van der Waals surface area contributed by atoms with E-state index < -0.39 is 11.9 Å². The zero-order valence-electron chi connectivity index (χ0n) is 20.6. The molecule has 0 aliphatic rings. The van der Waals surface area contributed by atoms with Gasteiger partial charge in [0.05, 0.1) is 22.3 Å². The summed E-state index contributed by atoms with van der Waals surface area (Å²) >= 11 is 3.91. The first-order chi connectivity index (χ1) is 16.6. The first kappa shape index (κ1) is 26.9. The van der Waals surface area contributed by atoms with Crippen LogP contribution < -0.4 is 11.1 Å². The summed E-state index contributed by atoms with van der Waals surface area (Å²) in [6.07, 6.45) is 0.550. The van der Waals surface area contributed by atoms with Crippen LogP contribution in [0.15, 0.2) is 10.5 Å². The van der Waals surface area contributed by atoms with E-state index in [1.807, 2.05) is 11.5 Å². The molecule has 0 saturated heterocycles. The Hall–Kier alpha value is -2.70. The number of nitrogens with one attached hydrogen (secondary N) is 1. The number of aryl methyl sites for hydroxylation is 1. The lowest BCUT2D eigenvalue weighted by molar-refractivity contribution is -0.113. The minimum atomic E-state index is -0.667. The summed E-state index contributed by atoms with van der Waals surface area (Å²) in [5, 5.41) is 14.4. The molecule has 3 N–H and O–H groups in total. The summed E-state index contributed by atoms with van der Waals surface area (Å²) in [5.41, 5.74) is 8.32. The number of nitrogens with zero attached hydrogens (tertiary/aromatic N) is 3. The number of anilines is 1. The van der Waals surface area contributed by atoms with Crippen LogP contribution in [-0.4, -0.2) is 44.4 Å². The van der Waals surface area contributed by atoms with Gasteiger partial charge in [0.1, 0.15) is 5.00 Å². The third-order valence-electron chi connectivity index (χ3n) is 5.23. The normalized spacial score (nSPS) is 11.2. The number of hydrogen-bond donors (Lipinski definition) is 2. The maximum Gasteiger partial charge on any atom is 0.341 e. The van der Waals surface area contributed by atoms with E-state index in [0.717, 1.165) is 29.1 Å². The fourth-order valence-electron chi connectivity index (χ4n) is 3.63. The molecular formula is C23H29N5O4S3. The van der Waals surface area contributed by atoms with Crippen molar-refractivity contribution < 1.29 is 19.1 Å². The number of carbonyl (C=O) groups is 3. The van der Waals surface area contributed by atoms with E-state index in [2.05, 4.69) is 34.7 Å². The van der Waals surface area contributed by atoms with E-state index in [1.165, 1.54) is 22.2 Å². The average molecular weight is 536 g/mol. The Morgan fingerprint density at radius 2 is 1.94 bits per heavy atom. The highest BCUT2D eigenvalue weighted by Crippen LogP contribution is 2.35. The summed E-state index contributed by atoms with van der Waals surface area (Å²) in [5.74, 6) is -0.797. The molecule has 3 rings (SSSR count). The predicted molar refractivity (Wildman–Crippen MR) is 141 cm³/mol. The van der Waals surface area contributed by atoms with Crippen LogP contribution in [0.1, 0.15) is 63.7 Å². The quantitative estimate of drug-likeness (QED) is 0.285. The largest absolute Gasteiger partial charge is 0.459 e. The van der Waals surface area contributed by atoms with Crippen molar-refractivity contribution in [3.63, 3.8) is 0 Å². The van der Waals surface area contributed by atoms with Gasteiger partial charge < -0.3 is 20.4 Å². The first-order valence-electron chi connectivity index (χ1n) is 11.2. The van der Waals surface area contributed by atoms with Gasteiger partial charge in [0, 0.05) is 22.4 Å². The molecule has 0 spiro atoms. The lowest BCUT2D eigenvalue weighted by atomic mass is 10.1. The Bertz CT molecular complexity index is 1260. The summed E-state index contributed by atoms with van der Waals surface area (Å²) < 4.78 is 7.29. The number of primary amides is 1. The number of thiophene rings is 2. The van der Waals surface area contributed by atoms with Crippen molar-refractivity contribution in [2.24, 2.45) is 5.73 Å². The average Bonchev–Trinajstić information content (AvgIpc) is 3.45. The maximum atomic E-state index is 12.8. The van der Waals surface area contributed by atoms with Crippen molar-refractivity contribution in [1.29, 1.82) is 0 Å². The third-order valence-corrected chi connectivity index (χ3v) is 8.38. The molecule has 0 aliphatic carbocycles. The van der Waals surface area contributed by atoms with E-state index in [1.54, 1.807) is 32.1 Å². The molecule has 3 aromatic heterocycles. The highest BCUT2D eigenvalue weighted by molar-refractivity contribution is 7.99. The molecule has 12 heteroatoms. The standard InChI is InChI=1S/C23H29N5O4S3/c1-7-14-13(6)33-9-15(14)20-26-27-23(28(20)8-2)34-10-16(29)25-21-17(22(31)32-11(3)4)12(5)18(35-21)19(24)30/h9,11H,7-8,10H2,1-6H3,(H2,24,30)(H,25,29). The molecule has 0 aromatic carbocycles. The Morgan fingerprint density at radius 3 is 2.54 bits per heavy atom. The molecule has 3 aromatic rings. The van der Waals surface area contributed by atoms with Crippen molar-refractivity contribution in [2.75, 3.05) is 11.1 Å². The van der Waals surface area contributed by atoms with Gasteiger partial charge >= 0.3 is 5.97 Å². The van der Waals surface area contributed by atoms with Crippen LogP contribution in [0.5, 0.6) is 0 Å². The Morgan fingerprint density at radius 1 is 1.23 bits per heavy atom. The van der Waals surface area contributed by atoms with Crippen LogP contribution >= 0.6 is 34.4 Å². The van der Waals surface area contributed by atoms with E-state index >= 15 is 0 Å². The monoisotopic (exact) mass is 535 g/mol. The molecule has 3 heterocycles. The van der Waals surface area contributed by atoms with Crippen LogP contribution in [0, 0.1) is 13.8 Å². The Labute approximate surface area is 216 Å². The molecule has 0 atom stereocenters. The van der Waals surface area contributed by atoms with Gasteiger partial charge in [-0.05, 0) is 52.2 Å². The van der Waals surface area contributed by atoms with Gasteiger partial charge in [-0.1, -0.05) is 18.7 Å². The molecule has 0 radical (unpaired) electrons. The van der Waals surface area contributed by atoms with Crippen molar-refractivity contribution >= 4 is 57.2 Å². The number of rotatable bonds is 10. The zero-order valence-corrected chi connectivity index (χ0v) is 23.0. The number of hydrogen-bond acceptors (Lipinski definition) is 9. The van der Waals surface area contributed by atoms with Gasteiger partial charge in [-0.25, -0.2) is 4.79 Å². The van der Waals surface area contributed by atoms with Crippen molar-refractivity contribution in [1.82, 2.24) is 14.8 Å². The second-order valence-electron chi connectivity index (χ2n) is 8.00. The van der Waals surface area contributed by atoms with Crippen LogP contribution in [0.25, 0.3) is 11.4 Å². The maximum absolute atomic E-state index is 12.8. The van der Waals surface area contributed by atoms with Crippen LogP contribution in [0.3, 0.4) is 0 Å². The SMILES string of the molecule is CCc1c(-c2nnc(SCC(=O)Nc3sc(C(N)=O)c(C)c3C(=O)OC(C)C)n2CC)csc1C. The van der Waals surface area contributed by atoms with Gasteiger partial charge in [-0.15, -0.1) is 32.9 Å². The topological polar surface area (TPSA) is 129 Å². The molecule has 0 saturated carbocycles. The van der Waals surface area contributed by atoms with Crippen LogP contribution in [0.2, 0.25) is 0 Å². The number of amides is 2. The molecule has 0 aliphatic heterocycles. The fraction of sp³-hybridized carbons (Fsp3) is 0.435. The number of ether oxygens (including phenoxy) is 1. The smallest absolute Gasteiger partial charge is 0.341 e. The molecule has 0 unspecified atom stereocenters. The Kier molecular flexibility index (Phi) is 8.73. The number of nitrogens with two attached hydrogens (primary N) is 1. The van der Waals surface area contributed by atoms with E-state index in [4.69, 9.17) is 10.5 Å². The van der Waals surface area contributed by atoms with Crippen LogP contribution in [-0.2, 0) is 22.5 Å². The highest BCUT2D eigenvalue weighted by atomic mass is 32.2. The molecule has 0 bridgehead atoms. The van der Waals surface area contributed by atoms with Crippen LogP contribution in [0.4, 0.5) is 5.00 Å². The highest BCUT2D eigenvalue weighted by Gasteiger charge is 2.27. The predicted octanol–water partition coefficient (Wildman–Crippen LogP) is 4.66. The van der Waals surface area contributed by atoms with Crippen molar-refractivity contribution in [2.45, 2.75) is 65.8 Å². The first-order valence-corrected chi connectivity index (χ1v) is 13.8. The minimum Gasteiger partial charge on any atom is -0.459 e. The van der Waals surface area contributed by atoms with Gasteiger partial charge in [-0.3, -0.25) is 9.59 Å². The number of esters is 1. The molecule has 9 nitrogen and oxygen atoms in total. The van der Waals surface area contributed by atoms with Gasteiger partial charge in [0.15, 0.2) is 11.0 Å². The summed E-state index contributed by atoms with van der Waals surface area (Å²) in [6.45, 7) is 11.9. The molecular weight excluding hydrogens is 506 g/mol. The lowest BCUT2D eigenvalue weighted by Gasteiger charge is -2.10. The lowest BCUT2D eigenvalue weighted by Crippen LogP contribution is -2.18. The minimum absolute atomic E-state index is 0.0446. The van der Waals surface area contributed by atoms with E-state index in [-0.39, 0.29) is 33.2 Å². The fourth-order valence-corrected chi connectivity index (χ4v) is 6.44. The molecule has 2 amide bonds. The van der Waals surface area contributed by atoms with Gasteiger partial charge in [-0.2, -0.15) is 0 Å². The second-order valence-corrected chi connectivity index (χ2v) is 11.1. The third kappa shape index (κ3) is 5.76. The Balaban J connectivity index is 1.79. The van der Waals surface area contributed by atoms with E-state index in [9.17, 15) is 14.4 Å². The van der Waals surface area contributed by atoms with Crippen molar-refractivity contribution in [3.05, 3.63) is 31.8 Å². The van der Waals surface area contributed by atoms with Crippen molar-refractivity contribution in [3.8, 4) is 11.4 Å².